The molecule has 1 aromatic heterocycles. The van der Waals surface area contributed by atoms with Gasteiger partial charge in [-0.25, -0.2) is 9.97 Å². The van der Waals surface area contributed by atoms with E-state index in [-0.39, 0.29) is 18.6 Å². The van der Waals surface area contributed by atoms with Crippen LogP contribution < -0.4 is 4.90 Å². The number of rotatable bonds is 4. The Hall–Kier alpha value is -1.69. The first-order chi connectivity index (χ1) is 9.61. The van der Waals surface area contributed by atoms with Crippen LogP contribution in [0.1, 0.15) is 18.4 Å². The van der Waals surface area contributed by atoms with Gasteiger partial charge in [-0.05, 0) is 25.3 Å². The molecule has 0 aliphatic carbocycles. The second-order valence-corrected chi connectivity index (χ2v) is 5.24. The molecule has 1 unspecified atom stereocenters. The maximum Gasteiger partial charge on any atom is 0.248 e. The number of nitrogens with zero attached hydrogens (tertiary/aromatic N) is 4. The highest BCUT2D eigenvalue weighted by molar-refractivity contribution is 5.77. The summed E-state index contributed by atoms with van der Waals surface area (Å²) in [6.07, 6.45) is 5.67. The molecule has 0 aromatic carbocycles. The van der Waals surface area contributed by atoms with Gasteiger partial charge in [-0.1, -0.05) is 0 Å². The molecule has 1 aliphatic rings. The molecule has 0 N–H and O–H groups in total. The van der Waals surface area contributed by atoms with Crippen molar-refractivity contribution < 1.29 is 9.53 Å². The second kappa shape index (κ2) is 6.65. The Morgan fingerprint density at radius 1 is 1.50 bits per heavy atom. The average Bonchev–Trinajstić information content (AvgIpc) is 2.48. The summed E-state index contributed by atoms with van der Waals surface area (Å²) >= 11 is 0. The molecule has 0 spiro atoms. The molecule has 6 nitrogen and oxygen atoms in total. The summed E-state index contributed by atoms with van der Waals surface area (Å²) in [6, 6.07) is 0.257. The lowest BCUT2D eigenvalue weighted by Crippen LogP contribution is -2.50. The molecule has 0 bridgehead atoms. The molecular formula is C14H22N4O2. The first kappa shape index (κ1) is 14.7. The third-order valence-corrected chi connectivity index (χ3v) is 3.65. The molecular weight excluding hydrogens is 256 g/mol. The molecule has 0 saturated carbocycles. The van der Waals surface area contributed by atoms with E-state index in [2.05, 4.69) is 14.9 Å². The van der Waals surface area contributed by atoms with Gasteiger partial charge in [-0.15, -0.1) is 0 Å². The van der Waals surface area contributed by atoms with Gasteiger partial charge in [-0.3, -0.25) is 4.79 Å². The van der Waals surface area contributed by atoms with E-state index in [0.717, 1.165) is 24.9 Å². The van der Waals surface area contributed by atoms with Crippen molar-refractivity contribution in [3.8, 4) is 0 Å². The van der Waals surface area contributed by atoms with Crippen LogP contribution in [0.15, 0.2) is 12.4 Å². The lowest BCUT2D eigenvalue weighted by molar-refractivity contribution is -0.136. The molecule has 20 heavy (non-hydrogen) atoms. The van der Waals surface area contributed by atoms with Crippen LogP contribution in [0.2, 0.25) is 0 Å². The van der Waals surface area contributed by atoms with E-state index in [1.807, 2.05) is 31.3 Å². The molecule has 2 heterocycles. The number of hydrogen-bond acceptors (Lipinski definition) is 5. The Labute approximate surface area is 119 Å². The zero-order valence-electron chi connectivity index (χ0n) is 12.4. The molecule has 1 fully saturated rings. The van der Waals surface area contributed by atoms with E-state index in [9.17, 15) is 4.79 Å². The van der Waals surface area contributed by atoms with E-state index >= 15 is 0 Å². The highest BCUT2D eigenvalue weighted by atomic mass is 16.5. The van der Waals surface area contributed by atoms with Crippen molar-refractivity contribution in [2.45, 2.75) is 25.8 Å². The van der Waals surface area contributed by atoms with Crippen molar-refractivity contribution in [3.05, 3.63) is 18.0 Å². The van der Waals surface area contributed by atoms with Gasteiger partial charge in [0.25, 0.3) is 0 Å². The summed E-state index contributed by atoms with van der Waals surface area (Å²) in [5, 5.41) is 0. The number of carbonyl (C=O) groups is 1. The molecule has 1 saturated heterocycles. The molecule has 1 amide bonds. The van der Waals surface area contributed by atoms with Crippen LogP contribution in [-0.4, -0.2) is 60.7 Å². The third-order valence-electron chi connectivity index (χ3n) is 3.65. The second-order valence-electron chi connectivity index (χ2n) is 5.24. The Balaban J connectivity index is 2.01. The first-order valence-electron chi connectivity index (χ1n) is 6.90. The van der Waals surface area contributed by atoms with E-state index in [1.165, 1.54) is 0 Å². The normalized spacial score (nSPS) is 18.9. The van der Waals surface area contributed by atoms with Crippen LogP contribution in [-0.2, 0) is 9.53 Å². The standard InChI is InChI=1S/C14H22N4O2/c1-11-7-15-14(16-8-11)17(2)12-5-4-6-18(9-12)13(19)10-20-3/h7-8,12H,4-6,9-10H2,1-3H3. The van der Waals surface area contributed by atoms with Gasteiger partial charge in [0, 0.05) is 45.7 Å². The number of aryl methyl sites for hydroxylation is 1. The Bertz CT molecular complexity index is 449. The lowest BCUT2D eigenvalue weighted by atomic mass is 10.0. The minimum Gasteiger partial charge on any atom is -0.375 e. The summed E-state index contributed by atoms with van der Waals surface area (Å²) in [5.74, 6) is 0.761. The molecule has 1 atom stereocenters. The quantitative estimate of drug-likeness (QED) is 0.817. The van der Waals surface area contributed by atoms with Crippen LogP contribution in [0.4, 0.5) is 5.95 Å². The van der Waals surface area contributed by atoms with Gasteiger partial charge in [0.2, 0.25) is 11.9 Å². The molecule has 0 radical (unpaired) electrons. The maximum absolute atomic E-state index is 11.9. The van der Waals surface area contributed by atoms with Gasteiger partial charge in [0.15, 0.2) is 0 Å². The van der Waals surface area contributed by atoms with E-state index < -0.39 is 0 Å². The monoisotopic (exact) mass is 278 g/mol. The number of anilines is 1. The number of amides is 1. The van der Waals surface area contributed by atoms with Crippen LogP contribution in [0.5, 0.6) is 0 Å². The fraction of sp³-hybridized carbons (Fsp3) is 0.643. The molecule has 6 heteroatoms. The topological polar surface area (TPSA) is 58.6 Å². The van der Waals surface area contributed by atoms with Crippen molar-refractivity contribution >= 4 is 11.9 Å². The fourth-order valence-electron chi connectivity index (χ4n) is 2.44. The summed E-state index contributed by atoms with van der Waals surface area (Å²) in [6.45, 7) is 3.63. The number of hydrogen-bond donors (Lipinski definition) is 0. The van der Waals surface area contributed by atoms with Crippen molar-refractivity contribution in [2.24, 2.45) is 0 Å². The van der Waals surface area contributed by atoms with Crippen molar-refractivity contribution in [1.82, 2.24) is 14.9 Å². The van der Waals surface area contributed by atoms with Crippen molar-refractivity contribution in [3.63, 3.8) is 0 Å². The number of ether oxygens (including phenoxy) is 1. The average molecular weight is 278 g/mol. The minimum absolute atomic E-state index is 0.0513. The minimum atomic E-state index is 0.0513. The number of likely N-dealkylation sites (N-methyl/N-ethyl adjacent to an activating group) is 1. The lowest BCUT2D eigenvalue weighted by Gasteiger charge is -2.37. The predicted molar refractivity (Wildman–Crippen MR) is 76.7 cm³/mol. The molecule has 1 aliphatic heterocycles. The number of aromatic nitrogens is 2. The van der Waals surface area contributed by atoms with E-state index in [0.29, 0.717) is 12.5 Å². The molecule has 110 valence electrons. The van der Waals surface area contributed by atoms with Crippen LogP contribution in [0, 0.1) is 6.92 Å². The van der Waals surface area contributed by atoms with Gasteiger partial charge >= 0.3 is 0 Å². The summed E-state index contributed by atoms with van der Waals surface area (Å²) in [7, 11) is 3.53. The van der Waals surface area contributed by atoms with E-state index in [1.54, 1.807) is 7.11 Å². The summed E-state index contributed by atoms with van der Waals surface area (Å²) in [5.41, 5.74) is 1.04. The fourth-order valence-corrected chi connectivity index (χ4v) is 2.44. The Morgan fingerprint density at radius 3 is 2.85 bits per heavy atom. The van der Waals surface area contributed by atoms with E-state index in [4.69, 9.17) is 4.74 Å². The van der Waals surface area contributed by atoms with Gasteiger partial charge in [0.05, 0.1) is 0 Å². The van der Waals surface area contributed by atoms with Gasteiger partial charge in [-0.2, -0.15) is 0 Å². The summed E-state index contributed by atoms with van der Waals surface area (Å²) < 4.78 is 4.92. The zero-order chi connectivity index (χ0) is 14.5. The third kappa shape index (κ3) is 3.45. The molecule has 1 aromatic rings. The summed E-state index contributed by atoms with van der Waals surface area (Å²) in [4.78, 5) is 24.5. The Kier molecular flexibility index (Phi) is 4.89. The number of carbonyl (C=O) groups excluding carboxylic acids is 1. The number of piperidine rings is 1. The predicted octanol–water partition coefficient (Wildman–Crippen LogP) is 0.859. The number of methoxy groups -OCH3 is 1. The highest BCUT2D eigenvalue weighted by Gasteiger charge is 2.27. The SMILES string of the molecule is COCC(=O)N1CCCC(N(C)c2ncc(C)cn2)C1. The van der Waals surface area contributed by atoms with Crippen LogP contribution in [0.3, 0.4) is 0 Å². The largest absolute Gasteiger partial charge is 0.375 e. The van der Waals surface area contributed by atoms with Crippen LogP contribution in [0.25, 0.3) is 0 Å². The van der Waals surface area contributed by atoms with Gasteiger partial charge in [0.1, 0.15) is 6.61 Å². The molecule has 2 rings (SSSR count). The van der Waals surface area contributed by atoms with Crippen LogP contribution >= 0.6 is 0 Å². The smallest absolute Gasteiger partial charge is 0.248 e. The first-order valence-corrected chi connectivity index (χ1v) is 6.90. The number of likely N-dealkylation sites (tertiary alicyclic amines) is 1. The van der Waals surface area contributed by atoms with Crippen molar-refractivity contribution in [2.75, 3.05) is 38.8 Å². The highest BCUT2D eigenvalue weighted by Crippen LogP contribution is 2.18. The maximum atomic E-state index is 11.9. The van der Waals surface area contributed by atoms with Gasteiger partial charge < -0.3 is 14.5 Å². The zero-order valence-corrected chi connectivity index (χ0v) is 12.4. The van der Waals surface area contributed by atoms with Crippen molar-refractivity contribution in [1.29, 1.82) is 0 Å². The Morgan fingerprint density at radius 2 is 2.20 bits per heavy atom.